The Morgan fingerprint density at radius 1 is 1.25 bits per heavy atom. The van der Waals surface area contributed by atoms with Crippen molar-refractivity contribution in [3.05, 3.63) is 45.2 Å². The Balaban J connectivity index is 1.54. The van der Waals surface area contributed by atoms with Gasteiger partial charge in [-0.2, -0.15) is 0 Å². The van der Waals surface area contributed by atoms with Crippen LogP contribution in [0.25, 0.3) is 11.7 Å². The Morgan fingerprint density at radius 3 is 2.81 bits per heavy atom. The van der Waals surface area contributed by atoms with E-state index in [2.05, 4.69) is 11.8 Å². The SMILES string of the molecule is CC1CCN(c2nc3ccccn3c(=O)c2/C=C2/SC(=S)N(C[C@H]3CCCO3)C2=O)CC1. The van der Waals surface area contributed by atoms with Crippen LogP contribution in [0, 0.1) is 5.92 Å². The lowest BCUT2D eigenvalue weighted by molar-refractivity contribution is -0.123. The first-order chi connectivity index (χ1) is 15.5. The molecule has 3 aliphatic heterocycles. The monoisotopic (exact) mass is 470 g/mol. The minimum atomic E-state index is -0.173. The summed E-state index contributed by atoms with van der Waals surface area (Å²) in [5.74, 6) is 1.15. The number of nitrogens with zero attached hydrogens (tertiary/aromatic N) is 4. The number of fused-ring (bicyclic) bond motifs is 1. The molecule has 0 spiro atoms. The number of thiocarbonyl (C=S) groups is 1. The lowest BCUT2D eigenvalue weighted by atomic mass is 9.99. The topological polar surface area (TPSA) is 67.2 Å². The number of piperidine rings is 1. The molecular weight excluding hydrogens is 444 g/mol. The predicted molar refractivity (Wildman–Crippen MR) is 131 cm³/mol. The Labute approximate surface area is 196 Å². The zero-order chi connectivity index (χ0) is 22.2. The summed E-state index contributed by atoms with van der Waals surface area (Å²) in [7, 11) is 0. The highest BCUT2D eigenvalue weighted by Gasteiger charge is 2.35. The largest absolute Gasteiger partial charge is 0.376 e. The molecule has 32 heavy (non-hydrogen) atoms. The summed E-state index contributed by atoms with van der Waals surface area (Å²) >= 11 is 6.74. The smallest absolute Gasteiger partial charge is 0.267 e. The molecule has 0 radical (unpaired) electrons. The minimum Gasteiger partial charge on any atom is -0.376 e. The van der Waals surface area contributed by atoms with Crippen LogP contribution in [0.5, 0.6) is 0 Å². The van der Waals surface area contributed by atoms with Gasteiger partial charge >= 0.3 is 0 Å². The molecular formula is C23H26N4O3S2. The van der Waals surface area contributed by atoms with Crippen LogP contribution in [0.1, 0.15) is 38.2 Å². The van der Waals surface area contributed by atoms with E-state index in [1.165, 1.54) is 16.2 Å². The van der Waals surface area contributed by atoms with Crippen molar-refractivity contribution in [2.75, 3.05) is 31.1 Å². The van der Waals surface area contributed by atoms with Crippen molar-refractivity contribution >= 4 is 51.7 Å². The summed E-state index contributed by atoms with van der Waals surface area (Å²) in [5.41, 5.74) is 0.878. The maximum Gasteiger partial charge on any atom is 0.267 e. The second-order valence-corrected chi connectivity index (χ2v) is 10.4. The van der Waals surface area contributed by atoms with Gasteiger partial charge in [-0.05, 0) is 49.8 Å². The van der Waals surface area contributed by atoms with Crippen molar-refractivity contribution in [3.63, 3.8) is 0 Å². The van der Waals surface area contributed by atoms with Gasteiger partial charge in [0, 0.05) is 25.9 Å². The summed E-state index contributed by atoms with van der Waals surface area (Å²) in [4.78, 5) is 35.7. The molecule has 3 aliphatic rings. The Morgan fingerprint density at radius 2 is 2.06 bits per heavy atom. The van der Waals surface area contributed by atoms with Gasteiger partial charge in [0.2, 0.25) is 0 Å². The van der Waals surface area contributed by atoms with Crippen LogP contribution in [0.2, 0.25) is 0 Å². The highest BCUT2D eigenvalue weighted by atomic mass is 32.2. The number of hydrogen-bond donors (Lipinski definition) is 0. The lowest BCUT2D eigenvalue weighted by Crippen LogP contribution is -2.36. The molecule has 0 unspecified atom stereocenters. The van der Waals surface area contributed by atoms with Crippen LogP contribution < -0.4 is 10.5 Å². The molecule has 0 aromatic carbocycles. The van der Waals surface area contributed by atoms with Crippen LogP contribution in [-0.4, -0.2) is 56.9 Å². The van der Waals surface area contributed by atoms with Gasteiger partial charge in [0.1, 0.15) is 15.8 Å². The number of thioether (sulfide) groups is 1. The van der Waals surface area contributed by atoms with E-state index >= 15 is 0 Å². The van der Waals surface area contributed by atoms with Gasteiger partial charge < -0.3 is 9.64 Å². The molecule has 168 valence electrons. The fourth-order valence-corrected chi connectivity index (χ4v) is 5.72. The van der Waals surface area contributed by atoms with Gasteiger partial charge in [-0.25, -0.2) is 4.98 Å². The van der Waals surface area contributed by atoms with Crippen LogP contribution in [0.4, 0.5) is 5.82 Å². The van der Waals surface area contributed by atoms with Crippen LogP contribution in [0.3, 0.4) is 0 Å². The Bertz CT molecular complexity index is 1150. The van der Waals surface area contributed by atoms with Gasteiger partial charge in [-0.15, -0.1) is 0 Å². The van der Waals surface area contributed by atoms with Crippen molar-refractivity contribution in [3.8, 4) is 0 Å². The maximum absolute atomic E-state index is 13.5. The molecule has 7 nitrogen and oxygen atoms in total. The molecule has 0 aliphatic carbocycles. The number of rotatable bonds is 4. The summed E-state index contributed by atoms with van der Waals surface area (Å²) in [6.45, 7) is 5.13. The van der Waals surface area contributed by atoms with Gasteiger partial charge in [0.05, 0.1) is 23.1 Å². The summed E-state index contributed by atoms with van der Waals surface area (Å²) in [5, 5.41) is 0. The summed E-state index contributed by atoms with van der Waals surface area (Å²) < 4.78 is 7.74. The van der Waals surface area contributed by atoms with E-state index in [0.717, 1.165) is 45.4 Å². The molecule has 3 fully saturated rings. The molecule has 1 atom stereocenters. The Hall–Kier alpha value is -2.23. The van der Waals surface area contributed by atoms with Crippen molar-refractivity contribution in [2.24, 2.45) is 5.92 Å². The van der Waals surface area contributed by atoms with Crippen LogP contribution in [-0.2, 0) is 9.53 Å². The number of anilines is 1. The number of carbonyl (C=O) groups is 1. The van der Waals surface area contributed by atoms with Crippen LogP contribution >= 0.6 is 24.0 Å². The average molecular weight is 471 g/mol. The Kier molecular flexibility index (Phi) is 6.05. The van der Waals surface area contributed by atoms with Crippen molar-refractivity contribution in [1.29, 1.82) is 0 Å². The molecule has 1 amide bonds. The van der Waals surface area contributed by atoms with E-state index in [-0.39, 0.29) is 17.6 Å². The molecule has 0 bridgehead atoms. The highest BCUT2D eigenvalue weighted by Crippen LogP contribution is 2.35. The zero-order valence-electron chi connectivity index (χ0n) is 18.0. The van der Waals surface area contributed by atoms with E-state index in [0.29, 0.717) is 38.7 Å². The summed E-state index contributed by atoms with van der Waals surface area (Å²) in [6.07, 6.45) is 7.48. The van der Waals surface area contributed by atoms with Crippen molar-refractivity contribution < 1.29 is 9.53 Å². The fourth-order valence-electron chi connectivity index (χ4n) is 4.46. The molecule has 0 N–H and O–H groups in total. The number of hydrogen-bond acceptors (Lipinski definition) is 7. The molecule has 0 saturated carbocycles. The molecule has 2 aromatic rings. The minimum absolute atomic E-state index is 0.0238. The van der Waals surface area contributed by atoms with Gasteiger partial charge in [0.25, 0.3) is 11.5 Å². The average Bonchev–Trinajstić information content (AvgIpc) is 3.40. The normalized spacial score (nSPS) is 23.8. The third-order valence-corrected chi connectivity index (χ3v) is 7.77. The molecule has 5 rings (SSSR count). The third kappa shape index (κ3) is 4.09. The predicted octanol–water partition coefficient (Wildman–Crippen LogP) is 3.31. The first-order valence-electron chi connectivity index (χ1n) is 11.1. The van der Waals surface area contributed by atoms with Gasteiger partial charge in [-0.1, -0.05) is 37.0 Å². The van der Waals surface area contributed by atoms with E-state index in [4.69, 9.17) is 21.9 Å². The quantitative estimate of drug-likeness (QED) is 0.502. The molecule has 3 saturated heterocycles. The number of carbonyl (C=O) groups excluding carboxylic acids is 1. The zero-order valence-corrected chi connectivity index (χ0v) is 19.7. The standard InChI is InChI=1S/C23H26N4O3S2/c1-15-7-10-25(11-8-15)20-17(21(28)26-9-3-2-6-19(26)24-20)13-18-22(29)27(23(31)32-18)14-16-5-4-12-30-16/h2-3,6,9,13,15-16H,4-5,7-8,10-12,14H2,1H3/b18-13+/t16-/m1/s1. The molecule has 5 heterocycles. The van der Waals surface area contributed by atoms with E-state index in [1.807, 2.05) is 18.2 Å². The van der Waals surface area contributed by atoms with Gasteiger partial charge in [-0.3, -0.25) is 18.9 Å². The second-order valence-electron chi connectivity index (χ2n) is 8.68. The first-order valence-corrected chi connectivity index (χ1v) is 12.4. The number of amides is 1. The third-order valence-electron chi connectivity index (χ3n) is 6.39. The lowest BCUT2D eigenvalue weighted by Gasteiger charge is -2.32. The molecule has 2 aromatic heterocycles. The molecule has 9 heteroatoms. The summed E-state index contributed by atoms with van der Waals surface area (Å²) in [6, 6.07) is 5.52. The van der Waals surface area contributed by atoms with E-state index < -0.39 is 0 Å². The van der Waals surface area contributed by atoms with E-state index in [1.54, 1.807) is 17.2 Å². The number of aromatic nitrogens is 2. The fraction of sp³-hybridized carbons (Fsp3) is 0.478. The maximum atomic E-state index is 13.5. The van der Waals surface area contributed by atoms with Crippen LogP contribution in [0.15, 0.2) is 34.1 Å². The number of ether oxygens (including phenoxy) is 1. The second kappa shape index (κ2) is 8.96. The highest BCUT2D eigenvalue weighted by molar-refractivity contribution is 8.26. The van der Waals surface area contributed by atoms with E-state index in [9.17, 15) is 9.59 Å². The number of pyridine rings is 1. The van der Waals surface area contributed by atoms with Gasteiger partial charge in [0.15, 0.2) is 0 Å². The first kappa shape index (κ1) is 21.6. The van der Waals surface area contributed by atoms with Crippen molar-refractivity contribution in [1.82, 2.24) is 14.3 Å². The van der Waals surface area contributed by atoms with Crippen molar-refractivity contribution in [2.45, 2.75) is 38.7 Å².